The molecule has 0 unspecified atom stereocenters. The minimum Gasteiger partial charge on any atom is -0.508 e. The number of aryl methyl sites for hydroxylation is 1. The van der Waals surface area contributed by atoms with Crippen LogP contribution in [0.2, 0.25) is 0 Å². The average molecular weight is 355 g/mol. The Balaban J connectivity index is 1.78. The molecule has 0 saturated heterocycles. The summed E-state index contributed by atoms with van der Waals surface area (Å²) >= 11 is 5.32. The molecule has 0 aromatic heterocycles. The number of thiocarbonyl (C=S) groups is 1. The summed E-state index contributed by atoms with van der Waals surface area (Å²) in [6, 6.07) is 13.0. The zero-order chi connectivity index (χ0) is 18.0. The number of hydrogen-bond acceptors (Lipinski definition) is 4. The maximum absolute atomic E-state index is 9.77. The first-order valence-corrected chi connectivity index (χ1v) is 8.46. The van der Waals surface area contributed by atoms with E-state index in [0.717, 1.165) is 22.5 Å². The molecule has 5 nitrogen and oxygen atoms in total. The fourth-order valence-corrected chi connectivity index (χ4v) is 2.93. The van der Waals surface area contributed by atoms with E-state index < -0.39 is 0 Å². The Morgan fingerprint density at radius 1 is 1.24 bits per heavy atom. The molecule has 6 heteroatoms. The fraction of sp³-hybridized carbons (Fsp3) is 0.263. The van der Waals surface area contributed by atoms with Crippen LogP contribution in [0.25, 0.3) is 0 Å². The molecule has 0 fully saturated rings. The Bertz CT molecular complexity index is 846. The van der Waals surface area contributed by atoms with Crippen LogP contribution < -0.4 is 15.5 Å². The fourth-order valence-electron chi connectivity index (χ4n) is 2.76. The van der Waals surface area contributed by atoms with E-state index in [4.69, 9.17) is 17.0 Å². The lowest BCUT2D eigenvalue weighted by atomic mass is 9.92. The van der Waals surface area contributed by atoms with Crippen LogP contribution in [0.15, 0.2) is 47.6 Å². The van der Waals surface area contributed by atoms with Gasteiger partial charge >= 0.3 is 0 Å². The lowest BCUT2D eigenvalue weighted by molar-refractivity contribution is 0.111. The van der Waals surface area contributed by atoms with Crippen LogP contribution in [-0.4, -0.2) is 21.5 Å². The molecule has 130 valence electrons. The van der Waals surface area contributed by atoms with Crippen molar-refractivity contribution in [3.05, 3.63) is 53.6 Å². The molecule has 1 aliphatic heterocycles. The van der Waals surface area contributed by atoms with Crippen molar-refractivity contribution in [2.45, 2.75) is 32.8 Å². The monoisotopic (exact) mass is 355 g/mol. The largest absolute Gasteiger partial charge is 0.508 e. The van der Waals surface area contributed by atoms with Crippen LogP contribution >= 0.6 is 12.2 Å². The Hall–Kier alpha value is -2.60. The zero-order valence-electron chi connectivity index (χ0n) is 14.5. The summed E-state index contributed by atoms with van der Waals surface area (Å²) < 4.78 is 5.95. The summed E-state index contributed by atoms with van der Waals surface area (Å²) in [4.78, 5) is 0. The smallest absolute Gasteiger partial charge is 0.191 e. The third-order valence-corrected chi connectivity index (χ3v) is 4.02. The zero-order valence-corrected chi connectivity index (χ0v) is 15.3. The third-order valence-electron chi connectivity index (χ3n) is 3.82. The number of benzene rings is 2. The van der Waals surface area contributed by atoms with Crippen LogP contribution in [0.5, 0.6) is 11.5 Å². The van der Waals surface area contributed by atoms with E-state index in [1.165, 1.54) is 0 Å². The summed E-state index contributed by atoms with van der Waals surface area (Å²) in [6.45, 7) is 6.03. The molecule has 1 heterocycles. The van der Waals surface area contributed by atoms with Crippen molar-refractivity contribution >= 4 is 28.7 Å². The standard InChI is InChI=1S/C19H21N3O2S/c1-12-5-4-6-13(9-12)20-18(25)22-21-16-11-19(2,3)24-17-8-7-14(23)10-15(16)17/h4-10,23H,11H2,1-3H3,(H2,20,22,25). The highest BCUT2D eigenvalue weighted by Crippen LogP contribution is 2.35. The second-order valence-corrected chi connectivity index (χ2v) is 7.12. The van der Waals surface area contributed by atoms with Gasteiger partial charge in [0.25, 0.3) is 0 Å². The summed E-state index contributed by atoms with van der Waals surface area (Å²) in [7, 11) is 0. The lowest BCUT2D eigenvalue weighted by Gasteiger charge is -2.33. The molecule has 0 atom stereocenters. The molecule has 0 saturated carbocycles. The molecule has 0 bridgehead atoms. The molecule has 0 aliphatic carbocycles. The first-order valence-electron chi connectivity index (χ1n) is 8.05. The second-order valence-electron chi connectivity index (χ2n) is 6.71. The number of fused-ring (bicyclic) bond motifs is 1. The minimum atomic E-state index is -0.379. The summed E-state index contributed by atoms with van der Waals surface area (Å²) in [5, 5.41) is 17.7. The van der Waals surface area contributed by atoms with Crippen molar-refractivity contribution < 1.29 is 9.84 Å². The number of rotatable bonds is 2. The number of ether oxygens (including phenoxy) is 1. The molecule has 1 aliphatic rings. The van der Waals surface area contributed by atoms with Crippen molar-refractivity contribution in [3.63, 3.8) is 0 Å². The average Bonchev–Trinajstić information content (AvgIpc) is 2.52. The Labute approximate surface area is 152 Å². The molecule has 3 rings (SSSR count). The number of phenolic OH excluding ortho intramolecular Hbond substituents is 1. The van der Waals surface area contributed by atoms with Gasteiger partial charge in [0.15, 0.2) is 5.11 Å². The highest BCUT2D eigenvalue weighted by Gasteiger charge is 2.31. The van der Waals surface area contributed by atoms with E-state index in [1.54, 1.807) is 18.2 Å². The molecule has 0 radical (unpaired) electrons. The van der Waals surface area contributed by atoms with Crippen molar-refractivity contribution in [2.24, 2.45) is 5.10 Å². The van der Waals surface area contributed by atoms with Crippen LogP contribution in [0.4, 0.5) is 5.69 Å². The molecule has 3 N–H and O–H groups in total. The number of phenols is 1. The third kappa shape index (κ3) is 4.28. The molecule has 2 aromatic rings. The summed E-state index contributed by atoms with van der Waals surface area (Å²) in [5.74, 6) is 0.877. The molecule has 25 heavy (non-hydrogen) atoms. The first kappa shape index (κ1) is 17.2. The molecular weight excluding hydrogens is 334 g/mol. The van der Waals surface area contributed by atoms with E-state index in [-0.39, 0.29) is 11.4 Å². The Morgan fingerprint density at radius 2 is 2.04 bits per heavy atom. The van der Waals surface area contributed by atoms with Gasteiger partial charge in [0.2, 0.25) is 0 Å². The normalized spacial score (nSPS) is 16.7. The van der Waals surface area contributed by atoms with E-state index >= 15 is 0 Å². The predicted octanol–water partition coefficient (Wildman–Crippen LogP) is 3.95. The van der Waals surface area contributed by atoms with Gasteiger partial charge in [-0.15, -0.1) is 0 Å². The van der Waals surface area contributed by atoms with Crippen LogP contribution in [0, 0.1) is 6.92 Å². The van der Waals surface area contributed by atoms with Gasteiger partial charge < -0.3 is 15.2 Å². The Morgan fingerprint density at radius 3 is 2.80 bits per heavy atom. The summed E-state index contributed by atoms with van der Waals surface area (Å²) in [6.07, 6.45) is 0.601. The number of hydrazone groups is 1. The molecule has 2 aromatic carbocycles. The van der Waals surface area contributed by atoms with E-state index in [0.29, 0.717) is 17.3 Å². The van der Waals surface area contributed by atoms with Crippen molar-refractivity contribution in [3.8, 4) is 11.5 Å². The highest BCUT2D eigenvalue weighted by atomic mass is 32.1. The van der Waals surface area contributed by atoms with Crippen molar-refractivity contribution in [1.29, 1.82) is 0 Å². The van der Waals surface area contributed by atoms with E-state index in [2.05, 4.69) is 15.8 Å². The summed E-state index contributed by atoms with van der Waals surface area (Å²) in [5.41, 5.74) is 6.12. The lowest BCUT2D eigenvalue weighted by Crippen LogP contribution is -2.37. The number of hydrogen-bond donors (Lipinski definition) is 3. The topological polar surface area (TPSA) is 65.9 Å². The van der Waals surface area contributed by atoms with E-state index in [1.807, 2.05) is 45.0 Å². The van der Waals surface area contributed by atoms with Crippen molar-refractivity contribution in [1.82, 2.24) is 5.43 Å². The molecular formula is C19H21N3O2S. The number of nitrogens with one attached hydrogen (secondary N) is 2. The number of anilines is 1. The minimum absolute atomic E-state index is 0.176. The number of aromatic hydroxyl groups is 1. The maximum atomic E-state index is 9.77. The van der Waals surface area contributed by atoms with Gasteiger partial charge in [-0.1, -0.05) is 12.1 Å². The van der Waals surface area contributed by atoms with Gasteiger partial charge in [-0.05, 0) is 68.9 Å². The predicted molar refractivity (Wildman–Crippen MR) is 105 cm³/mol. The Kier molecular flexibility index (Phi) is 4.63. The van der Waals surface area contributed by atoms with Gasteiger partial charge in [-0.25, -0.2) is 0 Å². The van der Waals surface area contributed by atoms with Gasteiger partial charge in [0.1, 0.15) is 17.1 Å². The number of nitrogens with zero attached hydrogens (tertiary/aromatic N) is 1. The van der Waals surface area contributed by atoms with Gasteiger partial charge in [-0.3, -0.25) is 5.43 Å². The van der Waals surface area contributed by atoms with Crippen LogP contribution in [0.1, 0.15) is 31.4 Å². The highest BCUT2D eigenvalue weighted by molar-refractivity contribution is 7.80. The quantitative estimate of drug-likeness (QED) is 0.562. The SMILES string of the molecule is Cc1cccc(NC(=S)NN=C2CC(C)(C)Oc3ccc(O)cc32)c1. The van der Waals surface area contributed by atoms with Gasteiger partial charge in [0.05, 0.1) is 5.71 Å². The van der Waals surface area contributed by atoms with Gasteiger partial charge in [0, 0.05) is 17.7 Å². The van der Waals surface area contributed by atoms with Gasteiger partial charge in [-0.2, -0.15) is 5.10 Å². The van der Waals surface area contributed by atoms with Crippen LogP contribution in [-0.2, 0) is 0 Å². The maximum Gasteiger partial charge on any atom is 0.191 e. The van der Waals surface area contributed by atoms with Crippen LogP contribution in [0.3, 0.4) is 0 Å². The second kappa shape index (κ2) is 6.72. The first-order chi connectivity index (χ1) is 11.8. The molecule has 0 spiro atoms. The van der Waals surface area contributed by atoms with E-state index in [9.17, 15) is 5.11 Å². The van der Waals surface area contributed by atoms with Crippen molar-refractivity contribution in [2.75, 3.05) is 5.32 Å². The molecule has 0 amide bonds.